The van der Waals surface area contributed by atoms with E-state index in [1.165, 1.54) is 10.6 Å². The van der Waals surface area contributed by atoms with E-state index >= 15 is 0 Å². The van der Waals surface area contributed by atoms with Crippen molar-refractivity contribution in [3.8, 4) is 0 Å². The summed E-state index contributed by atoms with van der Waals surface area (Å²) < 4.78 is 1.36. The Morgan fingerprint density at radius 3 is 2.24 bits per heavy atom. The summed E-state index contributed by atoms with van der Waals surface area (Å²) in [5.74, 6) is -0.540. The molecule has 0 bridgehead atoms. The van der Waals surface area contributed by atoms with E-state index in [1.54, 1.807) is 36.5 Å². The van der Waals surface area contributed by atoms with Crippen LogP contribution in [0.15, 0.2) is 65.6 Å². The molecule has 0 unspecified atom stereocenters. The molecule has 3 rings (SSSR count). The van der Waals surface area contributed by atoms with Crippen LogP contribution in [-0.4, -0.2) is 29.5 Å². The Kier molecular flexibility index (Phi) is 7.66. The molecule has 0 spiro atoms. The Balaban J connectivity index is 1.62. The molecule has 2 amide bonds. The largest absolute Gasteiger partial charge is 0.372 e. The lowest BCUT2D eigenvalue weighted by Crippen LogP contribution is -2.26. The minimum Gasteiger partial charge on any atom is -0.372 e. The lowest BCUT2D eigenvalue weighted by atomic mass is 10.1. The third-order valence-corrected chi connectivity index (χ3v) is 5.46. The molecule has 0 aliphatic heterocycles. The third-order valence-electron chi connectivity index (χ3n) is 5.46. The number of nitrogens with one attached hydrogen (secondary N) is 2. The second-order valence-corrected chi connectivity index (χ2v) is 7.92. The number of anilines is 3. The number of aryl methyl sites for hydroxylation is 2. The van der Waals surface area contributed by atoms with Crippen LogP contribution in [-0.2, 0) is 11.3 Å². The van der Waals surface area contributed by atoms with E-state index in [1.807, 2.05) is 26.0 Å². The van der Waals surface area contributed by atoms with E-state index < -0.39 is 0 Å². The second kappa shape index (κ2) is 10.6. The molecule has 0 fully saturated rings. The van der Waals surface area contributed by atoms with Gasteiger partial charge >= 0.3 is 0 Å². The Hall–Kier alpha value is -3.87. The standard InChI is InChI=1S/C26H30N4O3/c1-5-29(6-2)22-12-13-23(19(4)15-22)28-26(33)20-8-10-21(11-9-20)27-24(31)17-30-16-18(3)7-14-25(30)32/h7-16H,5-6,17H2,1-4H3,(H,27,31)(H,28,33). The van der Waals surface area contributed by atoms with Gasteiger partial charge in [-0.3, -0.25) is 14.4 Å². The van der Waals surface area contributed by atoms with Crippen molar-refractivity contribution in [2.75, 3.05) is 28.6 Å². The Morgan fingerprint density at radius 1 is 0.909 bits per heavy atom. The lowest BCUT2D eigenvalue weighted by molar-refractivity contribution is -0.116. The summed E-state index contributed by atoms with van der Waals surface area (Å²) in [5, 5.41) is 5.71. The van der Waals surface area contributed by atoms with E-state index in [-0.39, 0.29) is 23.9 Å². The number of aromatic nitrogens is 1. The van der Waals surface area contributed by atoms with Crippen molar-refractivity contribution in [1.82, 2.24) is 4.57 Å². The zero-order chi connectivity index (χ0) is 24.0. The van der Waals surface area contributed by atoms with Crippen molar-refractivity contribution >= 4 is 28.9 Å². The number of benzene rings is 2. The molecule has 7 nitrogen and oxygen atoms in total. The van der Waals surface area contributed by atoms with E-state index in [0.717, 1.165) is 35.6 Å². The highest BCUT2D eigenvalue weighted by molar-refractivity contribution is 6.05. The van der Waals surface area contributed by atoms with Crippen molar-refractivity contribution in [1.29, 1.82) is 0 Å². The Morgan fingerprint density at radius 2 is 1.61 bits per heavy atom. The fraction of sp³-hybridized carbons (Fsp3) is 0.269. The van der Waals surface area contributed by atoms with Crippen molar-refractivity contribution in [3.05, 3.63) is 87.8 Å². The first-order valence-electron chi connectivity index (χ1n) is 11.0. The highest BCUT2D eigenvalue weighted by Crippen LogP contribution is 2.23. The topological polar surface area (TPSA) is 83.4 Å². The molecule has 0 saturated carbocycles. The van der Waals surface area contributed by atoms with Crippen LogP contribution >= 0.6 is 0 Å². The van der Waals surface area contributed by atoms with Gasteiger partial charge in [0.25, 0.3) is 11.5 Å². The average Bonchev–Trinajstić information content (AvgIpc) is 2.79. The first-order chi connectivity index (χ1) is 15.8. The van der Waals surface area contributed by atoms with Gasteiger partial charge < -0.3 is 20.1 Å². The SMILES string of the molecule is CCN(CC)c1ccc(NC(=O)c2ccc(NC(=O)Cn3cc(C)ccc3=O)cc2)c(C)c1. The first kappa shape index (κ1) is 23.8. The molecular weight excluding hydrogens is 416 g/mol. The summed E-state index contributed by atoms with van der Waals surface area (Å²) in [6, 6.07) is 15.8. The van der Waals surface area contributed by atoms with Crippen LogP contribution in [0.5, 0.6) is 0 Å². The van der Waals surface area contributed by atoms with Gasteiger partial charge in [-0.1, -0.05) is 6.07 Å². The molecule has 172 valence electrons. The maximum absolute atomic E-state index is 12.7. The minimum atomic E-state index is -0.316. The number of hydrogen-bond acceptors (Lipinski definition) is 4. The fourth-order valence-electron chi connectivity index (χ4n) is 3.60. The van der Waals surface area contributed by atoms with Crippen molar-refractivity contribution in [3.63, 3.8) is 0 Å². The number of pyridine rings is 1. The number of carbonyl (C=O) groups excluding carboxylic acids is 2. The van der Waals surface area contributed by atoms with Gasteiger partial charge in [0.2, 0.25) is 5.91 Å². The molecule has 7 heteroatoms. The van der Waals surface area contributed by atoms with Crippen LogP contribution < -0.4 is 21.1 Å². The lowest BCUT2D eigenvalue weighted by Gasteiger charge is -2.22. The van der Waals surface area contributed by atoms with Gasteiger partial charge in [-0.25, -0.2) is 0 Å². The predicted molar refractivity (Wildman–Crippen MR) is 133 cm³/mol. The zero-order valence-electron chi connectivity index (χ0n) is 19.5. The molecule has 1 heterocycles. The van der Waals surface area contributed by atoms with Crippen LogP contribution in [0.3, 0.4) is 0 Å². The molecule has 1 aromatic heterocycles. The van der Waals surface area contributed by atoms with Crippen LogP contribution in [0, 0.1) is 13.8 Å². The molecule has 33 heavy (non-hydrogen) atoms. The van der Waals surface area contributed by atoms with E-state index in [9.17, 15) is 14.4 Å². The second-order valence-electron chi connectivity index (χ2n) is 7.92. The average molecular weight is 447 g/mol. The quantitative estimate of drug-likeness (QED) is 0.543. The highest BCUT2D eigenvalue weighted by atomic mass is 16.2. The van der Waals surface area contributed by atoms with Gasteiger partial charge in [0.15, 0.2) is 0 Å². The van der Waals surface area contributed by atoms with Gasteiger partial charge in [0.05, 0.1) is 0 Å². The summed E-state index contributed by atoms with van der Waals surface area (Å²) >= 11 is 0. The summed E-state index contributed by atoms with van der Waals surface area (Å²) in [6.45, 7) is 9.83. The monoisotopic (exact) mass is 446 g/mol. The Bertz CT molecular complexity index is 1190. The zero-order valence-corrected chi connectivity index (χ0v) is 19.5. The maximum Gasteiger partial charge on any atom is 0.255 e. The number of carbonyl (C=O) groups is 2. The molecule has 0 aliphatic carbocycles. The fourth-order valence-corrected chi connectivity index (χ4v) is 3.60. The molecule has 3 aromatic rings. The van der Waals surface area contributed by atoms with E-state index in [4.69, 9.17) is 0 Å². The minimum absolute atomic E-state index is 0.0779. The van der Waals surface area contributed by atoms with Gasteiger partial charge in [0, 0.05) is 48.0 Å². The van der Waals surface area contributed by atoms with Crippen LogP contribution in [0.1, 0.15) is 35.3 Å². The number of amides is 2. The predicted octanol–water partition coefficient (Wildman–Crippen LogP) is 4.20. The molecule has 2 N–H and O–H groups in total. The molecule has 0 radical (unpaired) electrons. The van der Waals surface area contributed by atoms with Gasteiger partial charge in [-0.15, -0.1) is 0 Å². The maximum atomic E-state index is 12.7. The Labute approximate surface area is 194 Å². The van der Waals surface area contributed by atoms with Crippen molar-refractivity contribution < 1.29 is 9.59 Å². The first-order valence-corrected chi connectivity index (χ1v) is 11.0. The summed E-state index contributed by atoms with van der Waals surface area (Å²) in [5.41, 5.74) is 4.58. The normalized spacial score (nSPS) is 10.5. The summed E-state index contributed by atoms with van der Waals surface area (Å²) in [4.78, 5) is 39.1. The van der Waals surface area contributed by atoms with Crippen LogP contribution in [0.2, 0.25) is 0 Å². The summed E-state index contributed by atoms with van der Waals surface area (Å²) in [7, 11) is 0. The van der Waals surface area contributed by atoms with Crippen molar-refractivity contribution in [2.45, 2.75) is 34.2 Å². The van der Waals surface area contributed by atoms with Gasteiger partial charge in [-0.05, 0) is 81.3 Å². The smallest absolute Gasteiger partial charge is 0.255 e. The van der Waals surface area contributed by atoms with Crippen LogP contribution in [0.25, 0.3) is 0 Å². The van der Waals surface area contributed by atoms with E-state index in [2.05, 4.69) is 35.4 Å². The molecule has 0 aliphatic rings. The molecule has 2 aromatic carbocycles. The molecule has 0 saturated heterocycles. The summed E-state index contributed by atoms with van der Waals surface area (Å²) in [6.07, 6.45) is 1.64. The van der Waals surface area contributed by atoms with Crippen LogP contribution in [0.4, 0.5) is 17.1 Å². The van der Waals surface area contributed by atoms with E-state index in [0.29, 0.717) is 11.3 Å². The molecule has 0 atom stereocenters. The van der Waals surface area contributed by atoms with Gasteiger partial charge in [-0.2, -0.15) is 0 Å². The molecular formula is C26H30N4O3. The number of nitrogens with zero attached hydrogens (tertiary/aromatic N) is 2. The highest BCUT2D eigenvalue weighted by Gasteiger charge is 2.11. The number of hydrogen-bond donors (Lipinski definition) is 2. The number of rotatable bonds is 8. The van der Waals surface area contributed by atoms with Gasteiger partial charge in [0.1, 0.15) is 6.54 Å². The van der Waals surface area contributed by atoms with Crippen molar-refractivity contribution in [2.24, 2.45) is 0 Å². The third kappa shape index (κ3) is 6.10.